The van der Waals surface area contributed by atoms with Crippen LogP contribution in [-0.2, 0) is 4.79 Å². The van der Waals surface area contributed by atoms with Gasteiger partial charge >= 0.3 is 12.1 Å². The number of carbonyl (C=O) groups excluding carboxylic acids is 3. The van der Waals surface area contributed by atoms with Gasteiger partial charge < -0.3 is 25.8 Å². The Morgan fingerprint density at radius 1 is 0.839 bits per heavy atom. The molecule has 8 nitrogen and oxygen atoms in total. The average molecular weight is 428 g/mol. The number of hydrogen-bond acceptors (Lipinski definition) is 3. The predicted octanol–water partition coefficient (Wildman–Crippen LogP) is 3.44. The fourth-order valence-electron chi connectivity index (χ4n) is 4.80. The summed E-state index contributed by atoms with van der Waals surface area (Å²) in [5, 5.41) is 9.15. The summed E-state index contributed by atoms with van der Waals surface area (Å²) < 4.78 is 0. The highest BCUT2D eigenvalue weighted by Crippen LogP contribution is 2.29. The molecular weight excluding hydrogens is 394 g/mol. The third-order valence-electron chi connectivity index (χ3n) is 6.57. The van der Waals surface area contributed by atoms with Crippen LogP contribution in [-0.4, -0.2) is 54.6 Å². The summed E-state index contributed by atoms with van der Waals surface area (Å²) in [6, 6.07) is 7.59. The lowest BCUT2D eigenvalue weighted by molar-refractivity contribution is -0.117. The van der Waals surface area contributed by atoms with Crippen LogP contribution in [0.15, 0.2) is 24.3 Å². The van der Waals surface area contributed by atoms with Crippen LogP contribution in [0.1, 0.15) is 57.8 Å². The van der Waals surface area contributed by atoms with Crippen molar-refractivity contribution in [2.45, 2.75) is 69.9 Å². The molecule has 8 heteroatoms. The Bertz CT molecular complexity index is 800. The number of anilines is 2. The summed E-state index contributed by atoms with van der Waals surface area (Å²) in [4.78, 5) is 40.7. The molecular formula is C23H33N5O3. The molecule has 2 saturated heterocycles. The molecule has 3 fully saturated rings. The van der Waals surface area contributed by atoms with Gasteiger partial charge in [0.1, 0.15) is 0 Å². The quantitative estimate of drug-likeness (QED) is 0.687. The Morgan fingerprint density at radius 2 is 1.52 bits per heavy atom. The second-order valence-electron chi connectivity index (χ2n) is 8.81. The molecule has 0 bridgehead atoms. The number of para-hydroxylation sites is 2. The topological polar surface area (TPSA) is 93.8 Å². The molecule has 0 radical (unpaired) electrons. The van der Waals surface area contributed by atoms with Gasteiger partial charge in [-0.2, -0.15) is 0 Å². The van der Waals surface area contributed by atoms with Crippen molar-refractivity contribution in [1.82, 2.24) is 15.5 Å². The number of nitrogens with zero attached hydrogens (tertiary/aromatic N) is 2. The van der Waals surface area contributed by atoms with E-state index in [2.05, 4.69) is 16.0 Å². The predicted molar refractivity (Wildman–Crippen MR) is 120 cm³/mol. The SMILES string of the molecule is O=C(NC1CCCCC1)NC1CCN(C(=O)Nc2ccccc2N2CCCC2=O)CC1. The van der Waals surface area contributed by atoms with Gasteiger partial charge in [0.2, 0.25) is 5.91 Å². The second kappa shape index (κ2) is 10.0. The zero-order valence-corrected chi connectivity index (χ0v) is 18.1. The molecule has 0 spiro atoms. The van der Waals surface area contributed by atoms with Crippen molar-refractivity contribution < 1.29 is 14.4 Å². The molecule has 1 aromatic rings. The molecule has 0 atom stereocenters. The van der Waals surface area contributed by atoms with E-state index >= 15 is 0 Å². The standard InChI is InChI=1S/C23H33N5O3/c29-21-11-6-14-28(21)20-10-5-4-9-19(20)26-23(31)27-15-12-18(13-16-27)25-22(30)24-17-7-2-1-3-8-17/h4-5,9-10,17-18H,1-3,6-8,11-16H2,(H,26,31)(H2,24,25,30). The van der Waals surface area contributed by atoms with E-state index in [-0.39, 0.29) is 24.0 Å². The molecule has 0 aromatic heterocycles. The van der Waals surface area contributed by atoms with E-state index in [1.165, 1.54) is 19.3 Å². The van der Waals surface area contributed by atoms with Crippen LogP contribution in [0.5, 0.6) is 0 Å². The molecule has 31 heavy (non-hydrogen) atoms. The zero-order valence-electron chi connectivity index (χ0n) is 18.1. The van der Waals surface area contributed by atoms with Gasteiger partial charge in [0.25, 0.3) is 0 Å². The Kier molecular flexibility index (Phi) is 6.94. The average Bonchev–Trinajstić information content (AvgIpc) is 3.21. The number of amides is 5. The molecule has 5 amide bonds. The van der Waals surface area contributed by atoms with Gasteiger partial charge in [-0.1, -0.05) is 31.4 Å². The minimum atomic E-state index is -0.163. The van der Waals surface area contributed by atoms with Crippen LogP contribution >= 0.6 is 0 Å². The van der Waals surface area contributed by atoms with Gasteiger partial charge in [0, 0.05) is 38.1 Å². The maximum absolute atomic E-state index is 12.8. The minimum Gasteiger partial charge on any atom is -0.335 e. The molecule has 3 aliphatic rings. The summed E-state index contributed by atoms with van der Waals surface area (Å²) in [5.41, 5.74) is 1.42. The number of carbonyl (C=O) groups is 3. The summed E-state index contributed by atoms with van der Waals surface area (Å²) >= 11 is 0. The molecule has 1 saturated carbocycles. The lowest BCUT2D eigenvalue weighted by atomic mass is 9.96. The molecule has 1 aromatic carbocycles. The van der Waals surface area contributed by atoms with Gasteiger partial charge in [0.15, 0.2) is 0 Å². The fraction of sp³-hybridized carbons (Fsp3) is 0.609. The first-order valence-electron chi connectivity index (χ1n) is 11.6. The number of likely N-dealkylation sites (tertiary alicyclic amines) is 1. The third-order valence-corrected chi connectivity index (χ3v) is 6.57. The normalized spacial score (nSPS) is 20.6. The van der Waals surface area contributed by atoms with Gasteiger partial charge in [-0.15, -0.1) is 0 Å². The maximum atomic E-state index is 12.8. The van der Waals surface area contributed by atoms with Crippen molar-refractivity contribution in [3.8, 4) is 0 Å². The highest BCUT2D eigenvalue weighted by Gasteiger charge is 2.27. The number of hydrogen-bond donors (Lipinski definition) is 3. The summed E-state index contributed by atoms with van der Waals surface area (Å²) in [6.07, 6.45) is 8.63. The van der Waals surface area contributed by atoms with E-state index in [9.17, 15) is 14.4 Å². The van der Waals surface area contributed by atoms with Crippen molar-refractivity contribution in [2.75, 3.05) is 29.9 Å². The van der Waals surface area contributed by atoms with E-state index in [0.29, 0.717) is 37.8 Å². The van der Waals surface area contributed by atoms with Crippen LogP contribution < -0.4 is 20.9 Å². The first-order valence-corrected chi connectivity index (χ1v) is 11.6. The van der Waals surface area contributed by atoms with E-state index in [0.717, 1.165) is 37.8 Å². The molecule has 4 rings (SSSR count). The van der Waals surface area contributed by atoms with Crippen molar-refractivity contribution in [2.24, 2.45) is 0 Å². The van der Waals surface area contributed by atoms with Gasteiger partial charge in [0.05, 0.1) is 11.4 Å². The Morgan fingerprint density at radius 3 is 2.19 bits per heavy atom. The minimum absolute atomic E-state index is 0.0843. The summed E-state index contributed by atoms with van der Waals surface area (Å²) in [7, 11) is 0. The first kappa shape index (κ1) is 21.5. The number of urea groups is 2. The summed E-state index contributed by atoms with van der Waals surface area (Å²) in [6.45, 7) is 1.86. The maximum Gasteiger partial charge on any atom is 0.321 e. The van der Waals surface area contributed by atoms with E-state index in [1.54, 1.807) is 9.80 Å². The monoisotopic (exact) mass is 427 g/mol. The molecule has 168 valence electrons. The fourth-order valence-corrected chi connectivity index (χ4v) is 4.80. The van der Waals surface area contributed by atoms with Crippen molar-refractivity contribution >= 4 is 29.3 Å². The number of benzene rings is 1. The highest BCUT2D eigenvalue weighted by atomic mass is 16.2. The first-order chi connectivity index (χ1) is 15.1. The van der Waals surface area contributed by atoms with Crippen LogP contribution in [0.4, 0.5) is 21.0 Å². The Labute approximate surface area is 183 Å². The molecule has 2 heterocycles. The van der Waals surface area contributed by atoms with Crippen molar-refractivity contribution in [3.05, 3.63) is 24.3 Å². The van der Waals surface area contributed by atoms with Gasteiger partial charge in [-0.25, -0.2) is 9.59 Å². The molecule has 2 aliphatic heterocycles. The van der Waals surface area contributed by atoms with Gasteiger partial charge in [-0.05, 0) is 44.2 Å². The van der Waals surface area contributed by atoms with Crippen LogP contribution in [0.3, 0.4) is 0 Å². The highest BCUT2D eigenvalue weighted by molar-refractivity contribution is 6.01. The van der Waals surface area contributed by atoms with Crippen LogP contribution in [0.25, 0.3) is 0 Å². The zero-order chi connectivity index (χ0) is 21.6. The summed E-state index contributed by atoms with van der Waals surface area (Å²) in [5.74, 6) is 0.0973. The molecule has 3 N–H and O–H groups in total. The van der Waals surface area contributed by atoms with Crippen molar-refractivity contribution in [1.29, 1.82) is 0 Å². The smallest absolute Gasteiger partial charge is 0.321 e. The lowest BCUT2D eigenvalue weighted by Crippen LogP contribution is -2.51. The van der Waals surface area contributed by atoms with Crippen LogP contribution in [0.2, 0.25) is 0 Å². The molecule has 0 unspecified atom stereocenters. The second-order valence-corrected chi connectivity index (χ2v) is 8.81. The number of nitrogens with one attached hydrogen (secondary N) is 3. The van der Waals surface area contributed by atoms with Crippen molar-refractivity contribution in [3.63, 3.8) is 0 Å². The Hall–Kier alpha value is -2.77. The van der Waals surface area contributed by atoms with E-state index in [4.69, 9.17) is 0 Å². The van der Waals surface area contributed by atoms with Gasteiger partial charge in [-0.3, -0.25) is 4.79 Å². The Balaban J connectivity index is 1.25. The van der Waals surface area contributed by atoms with E-state index in [1.807, 2.05) is 24.3 Å². The molecule has 1 aliphatic carbocycles. The van der Waals surface area contributed by atoms with Crippen LogP contribution in [0, 0.1) is 0 Å². The largest absolute Gasteiger partial charge is 0.335 e. The number of rotatable bonds is 4. The third kappa shape index (κ3) is 5.48. The lowest BCUT2D eigenvalue weighted by Gasteiger charge is -2.33. The number of piperidine rings is 1. The van der Waals surface area contributed by atoms with E-state index < -0.39 is 0 Å².